The van der Waals surface area contributed by atoms with E-state index in [2.05, 4.69) is 5.32 Å². The molecule has 1 aliphatic carbocycles. The van der Waals surface area contributed by atoms with Crippen LogP contribution in [0.4, 0.5) is 5.69 Å². The molecule has 1 heterocycles. The lowest BCUT2D eigenvalue weighted by molar-refractivity contribution is 0.0910. The predicted octanol–water partition coefficient (Wildman–Crippen LogP) is 5.22. The first-order chi connectivity index (χ1) is 15.6. The summed E-state index contributed by atoms with van der Waals surface area (Å²) in [4.78, 5) is 40.2. The Hall–Kier alpha value is -3.38. The minimum Gasteiger partial charge on any atom is -0.495 e. The molecule has 3 aromatic rings. The fourth-order valence-electron chi connectivity index (χ4n) is 4.24. The molecule has 1 aromatic heterocycles. The lowest BCUT2D eigenvalue weighted by atomic mass is 9.73. The number of hydrogen-bond acceptors (Lipinski definition) is 4. The zero-order valence-electron chi connectivity index (χ0n) is 19.0. The van der Waals surface area contributed by atoms with E-state index in [1.54, 1.807) is 36.5 Å². The van der Waals surface area contributed by atoms with Gasteiger partial charge >= 0.3 is 0 Å². The summed E-state index contributed by atoms with van der Waals surface area (Å²) in [5.41, 5.74) is 1.94. The van der Waals surface area contributed by atoms with Crippen molar-refractivity contribution in [1.29, 1.82) is 0 Å². The number of carbonyl (C=O) groups is 2. The molecular formula is C26H25ClN2O4. The van der Waals surface area contributed by atoms with Crippen LogP contribution in [-0.2, 0) is 6.42 Å². The number of fused-ring (bicyclic) bond motifs is 1. The Morgan fingerprint density at radius 3 is 2.45 bits per heavy atom. The molecule has 0 fully saturated rings. The number of aromatic nitrogens is 1. The first-order valence-corrected chi connectivity index (χ1v) is 11.0. The molecule has 7 heteroatoms. The molecule has 0 saturated heterocycles. The van der Waals surface area contributed by atoms with Gasteiger partial charge in [0.15, 0.2) is 5.78 Å². The Balaban J connectivity index is 1.91. The van der Waals surface area contributed by atoms with Gasteiger partial charge in [-0.1, -0.05) is 43.1 Å². The Kier molecular flexibility index (Phi) is 5.89. The number of amides is 1. The van der Waals surface area contributed by atoms with Crippen LogP contribution in [-0.4, -0.2) is 23.4 Å². The molecule has 1 amide bonds. The summed E-state index contributed by atoms with van der Waals surface area (Å²) in [5.74, 6) is -0.284. The highest BCUT2D eigenvalue weighted by Crippen LogP contribution is 2.36. The molecule has 0 unspecified atom stereocenters. The Morgan fingerprint density at radius 1 is 1.09 bits per heavy atom. The van der Waals surface area contributed by atoms with E-state index in [-0.39, 0.29) is 16.8 Å². The van der Waals surface area contributed by atoms with E-state index in [1.165, 1.54) is 11.7 Å². The Labute approximate surface area is 197 Å². The first kappa shape index (κ1) is 22.8. The number of pyridine rings is 1. The van der Waals surface area contributed by atoms with Gasteiger partial charge in [0.25, 0.3) is 11.5 Å². The van der Waals surface area contributed by atoms with Gasteiger partial charge in [0, 0.05) is 28.9 Å². The number of halogens is 1. The first-order valence-electron chi connectivity index (χ1n) is 10.6. The summed E-state index contributed by atoms with van der Waals surface area (Å²) in [7, 11) is 1.48. The van der Waals surface area contributed by atoms with E-state index in [4.69, 9.17) is 16.3 Å². The van der Waals surface area contributed by atoms with Crippen LogP contribution < -0.4 is 15.6 Å². The smallest absolute Gasteiger partial charge is 0.268 e. The number of rotatable bonds is 4. The monoisotopic (exact) mass is 464 g/mol. The number of benzene rings is 2. The number of carbonyl (C=O) groups excluding carboxylic acids is 2. The fraction of sp³-hybridized carbons (Fsp3) is 0.269. The van der Waals surface area contributed by atoms with Crippen LogP contribution in [0, 0.1) is 12.3 Å². The van der Waals surface area contributed by atoms with Crippen molar-refractivity contribution < 1.29 is 14.3 Å². The number of nitrogens with zero attached hydrogens (tertiary/aromatic N) is 1. The minimum atomic E-state index is -0.608. The van der Waals surface area contributed by atoms with Crippen molar-refractivity contribution >= 4 is 29.0 Å². The van der Waals surface area contributed by atoms with E-state index in [0.29, 0.717) is 46.1 Å². The maximum atomic E-state index is 13.6. The van der Waals surface area contributed by atoms with Crippen molar-refractivity contribution in [3.63, 3.8) is 0 Å². The quantitative estimate of drug-likeness (QED) is 0.574. The summed E-state index contributed by atoms with van der Waals surface area (Å²) in [6.07, 6.45) is 2.35. The average molecular weight is 465 g/mol. The molecule has 1 aliphatic rings. The van der Waals surface area contributed by atoms with Crippen molar-refractivity contribution in [3.05, 3.63) is 86.3 Å². The van der Waals surface area contributed by atoms with Gasteiger partial charge < -0.3 is 10.1 Å². The molecule has 0 aliphatic heterocycles. The second-order valence-corrected chi connectivity index (χ2v) is 9.58. The average Bonchev–Trinajstić information content (AvgIpc) is 2.73. The van der Waals surface area contributed by atoms with Crippen LogP contribution in [0.15, 0.2) is 53.5 Å². The number of anilines is 1. The third-order valence-electron chi connectivity index (χ3n) is 5.86. The van der Waals surface area contributed by atoms with Crippen LogP contribution in [0.1, 0.15) is 52.1 Å². The van der Waals surface area contributed by atoms with Crippen LogP contribution in [0.5, 0.6) is 5.75 Å². The van der Waals surface area contributed by atoms with Gasteiger partial charge in [-0.2, -0.15) is 0 Å². The molecule has 2 aromatic carbocycles. The number of nitrogens with one attached hydrogen (secondary N) is 1. The SMILES string of the molecule is COc1ccc(Cl)cc1NC(=O)c1c2c(cn(-c3ccc(C)cc3)c1=O)C(=O)CC(C)(C)C2. The van der Waals surface area contributed by atoms with Gasteiger partial charge in [0.1, 0.15) is 11.3 Å². The number of methoxy groups -OCH3 is 1. The third kappa shape index (κ3) is 4.44. The van der Waals surface area contributed by atoms with E-state index in [9.17, 15) is 14.4 Å². The lowest BCUT2D eigenvalue weighted by Gasteiger charge is -2.31. The van der Waals surface area contributed by atoms with Crippen molar-refractivity contribution in [2.45, 2.75) is 33.6 Å². The molecule has 0 saturated carbocycles. The molecule has 0 spiro atoms. The number of Topliss-reactive ketones (excluding diaryl/α,β-unsaturated/α-hetero) is 1. The predicted molar refractivity (Wildman–Crippen MR) is 129 cm³/mol. The highest BCUT2D eigenvalue weighted by atomic mass is 35.5. The van der Waals surface area contributed by atoms with Crippen molar-refractivity contribution in [2.75, 3.05) is 12.4 Å². The zero-order chi connectivity index (χ0) is 23.9. The fourth-order valence-corrected chi connectivity index (χ4v) is 4.41. The molecule has 6 nitrogen and oxygen atoms in total. The summed E-state index contributed by atoms with van der Waals surface area (Å²) >= 11 is 6.11. The molecular weight excluding hydrogens is 440 g/mol. The third-order valence-corrected chi connectivity index (χ3v) is 6.10. The molecule has 0 radical (unpaired) electrons. The van der Waals surface area contributed by atoms with E-state index < -0.39 is 11.5 Å². The van der Waals surface area contributed by atoms with Gasteiger partial charge in [-0.05, 0) is 54.7 Å². The van der Waals surface area contributed by atoms with Crippen molar-refractivity contribution in [3.8, 4) is 11.4 Å². The normalized spacial score (nSPS) is 14.5. The molecule has 0 atom stereocenters. The summed E-state index contributed by atoms with van der Waals surface area (Å²) in [6, 6.07) is 12.2. The minimum absolute atomic E-state index is 0.0452. The summed E-state index contributed by atoms with van der Waals surface area (Å²) in [5, 5.41) is 3.18. The standard InChI is InChI=1S/C26H25ClN2O4/c1-15-5-8-17(9-6-15)29-14-19-18(12-26(2,3)13-21(19)30)23(25(29)32)24(31)28-20-11-16(27)7-10-22(20)33-4/h5-11,14H,12-13H2,1-4H3,(H,28,31). The van der Waals surface area contributed by atoms with Crippen molar-refractivity contribution in [2.24, 2.45) is 5.41 Å². The second kappa shape index (κ2) is 8.52. The van der Waals surface area contributed by atoms with Crippen molar-refractivity contribution in [1.82, 2.24) is 4.57 Å². The van der Waals surface area contributed by atoms with Gasteiger partial charge in [-0.25, -0.2) is 0 Å². The molecule has 1 N–H and O–H groups in total. The number of aryl methyl sites for hydroxylation is 1. The summed E-state index contributed by atoms with van der Waals surface area (Å²) < 4.78 is 6.70. The van der Waals surface area contributed by atoms with Gasteiger partial charge in [-0.15, -0.1) is 0 Å². The lowest BCUT2D eigenvalue weighted by Crippen LogP contribution is -2.37. The van der Waals surface area contributed by atoms with E-state index >= 15 is 0 Å². The zero-order valence-corrected chi connectivity index (χ0v) is 19.7. The maximum Gasteiger partial charge on any atom is 0.268 e. The molecule has 4 rings (SSSR count). The van der Waals surface area contributed by atoms with Crippen LogP contribution in [0.25, 0.3) is 5.69 Å². The van der Waals surface area contributed by atoms with Gasteiger partial charge in [-0.3, -0.25) is 19.0 Å². The number of ketones is 1. The molecule has 33 heavy (non-hydrogen) atoms. The van der Waals surface area contributed by atoms with Crippen LogP contribution in [0.2, 0.25) is 5.02 Å². The topological polar surface area (TPSA) is 77.4 Å². The molecule has 0 bridgehead atoms. The Morgan fingerprint density at radius 2 is 1.79 bits per heavy atom. The summed E-state index contributed by atoms with van der Waals surface area (Å²) in [6.45, 7) is 5.87. The van der Waals surface area contributed by atoms with Crippen LogP contribution >= 0.6 is 11.6 Å². The highest BCUT2D eigenvalue weighted by molar-refractivity contribution is 6.31. The second-order valence-electron chi connectivity index (χ2n) is 9.15. The Bertz CT molecular complexity index is 1320. The highest BCUT2D eigenvalue weighted by Gasteiger charge is 2.36. The maximum absolute atomic E-state index is 13.6. The van der Waals surface area contributed by atoms with Crippen LogP contribution in [0.3, 0.4) is 0 Å². The largest absolute Gasteiger partial charge is 0.495 e. The number of hydrogen-bond donors (Lipinski definition) is 1. The van der Waals surface area contributed by atoms with Gasteiger partial charge in [0.2, 0.25) is 0 Å². The van der Waals surface area contributed by atoms with Gasteiger partial charge in [0.05, 0.1) is 12.8 Å². The molecule has 170 valence electrons. The van der Waals surface area contributed by atoms with E-state index in [0.717, 1.165) is 5.56 Å². The number of ether oxygens (including phenoxy) is 1. The van der Waals surface area contributed by atoms with E-state index in [1.807, 2.05) is 32.9 Å².